The summed E-state index contributed by atoms with van der Waals surface area (Å²) in [6, 6.07) is 6.61. The van der Waals surface area contributed by atoms with Gasteiger partial charge in [0.15, 0.2) is 0 Å². The third kappa shape index (κ3) is 3.23. The number of anilines is 1. The zero-order valence-electron chi connectivity index (χ0n) is 9.24. The number of benzene rings is 1. The zero-order chi connectivity index (χ0) is 12.3. The molecule has 0 amide bonds. The molecule has 0 spiro atoms. The molecule has 0 atom stereocenters. The Morgan fingerprint density at radius 3 is 2.94 bits per heavy atom. The molecule has 0 unspecified atom stereocenters. The van der Waals surface area contributed by atoms with Gasteiger partial charge in [-0.25, -0.2) is 14.4 Å². The lowest BCUT2D eigenvalue weighted by molar-refractivity contribution is 0.612. The van der Waals surface area contributed by atoms with Gasteiger partial charge in [-0.3, -0.25) is 0 Å². The molecule has 3 nitrogen and oxygen atoms in total. The van der Waals surface area contributed by atoms with Gasteiger partial charge in [-0.05, 0) is 31.2 Å². The number of hydrogen-bond donors (Lipinski definition) is 1. The summed E-state index contributed by atoms with van der Waals surface area (Å²) in [5, 5.41) is 3.06. The lowest BCUT2D eigenvalue weighted by atomic mass is 10.2. The molecule has 0 aliphatic carbocycles. The molecule has 1 N–H and O–H groups in total. The van der Waals surface area contributed by atoms with Gasteiger partial charge in [0.1, 0.15) is 17.5 Å². The Balaban J connectivity index is 2.09. The Labute approximate surface area is 107 Å². The first kappa shape index (κ1) is 12.0. The standard InChI is InChI=1S/C12H11BrFN3/c1-8-15-5-4-12(17-8)16-7-9-6-10(13)2-3-11(9)14/h2-6H,7H2,1H3,(H,15,16,17). The molecule has 0 aliphatic heterocycles. The summed E-state index contributed by atoms with van der Waals surface area (Å²) in [4.78, 5) is 8.18. The van der Waals surface area contributed by atoms with Crippen molar-refractivity contribution in [2.75, 3.05) is 5.32 Å². The van der Waals surface area contributed by atoms with Crippen LogP contribution in [0.1, 0.15) is 11.4 Å². The number of rotatable bonds is 3. The van der Waals surface area contributed by atoms with Crippen molar-refractivity contribution >= 4 is 21.7 Å². The molecule has 2 rings (SSSR count). The highest BCUT2D eigenvalue weighted by atomic mass is 79.9. The minimum atomic E-state index is -0.230. The average Bonchev–Trinajstić information content (AvgIpc) is 2.30. The predicted molar refractivity (Wildman–Crippen MR) is 68.2 cm³/mol. The monoisotopic (exact) mass is 295 g/mol. The second-order valence-corrected chi connectivity index (χ2v) is 4.49. The third-order valence-electron chi connectivity index (χ3n) is 2.24. The summed E-state index contributed by atoms with van der Waals surface area (Å²) in [6.07, 6.45) is 1.67. The molecule has 5 heteroatoms. The molecule has 2 aromatic rings. The van der Waals surface area contributed by atoms with Crippen LogP contribution in [0.25, 0.3) is 0 Å². The van der Waals surface area contributed by atoms with Crippen LogP contribution >= 0.6 is 15.9 Å². The fourth-order valence-electron chi connectivity index (χ4n) is 1.42. The number of nitrogens with zero attached hydrogens (tertiary/aromatic N) is 2. The van der Waals surface area contributed by atoms with Crippen molar-refractivity contribution in [2.24, 2.45) is 0 Å². The molecule has 0 bridgehead atoms. The summed E-state index contributed by atoms with van der Waals surface area (Å²) < 4.78 is 14.3. The lowest BCUT2D eigenvalue weighted by Crippen LogP contribution is -2.04. The largest absolute Gasteiger partial charge is 0.366 e. The second-order valence-electron chi connectivity index (χ2n) is 3.58. The summed E-state index contributed by atoms with van der Waals surface area (Å²) in [5.74, 6) is 1.15. The van der Waals surface area contributed by atoms with Crippen LogP contribution in [0.2, 0.25) is 0 Å². The van der Waals surface area contributed by atoms with Gasteiger partial charge < -0.3 is 5.32 Å². The van der Waals surface area contributed by atoms with E-state index in [-0.39, 0.29) is 5.82 Å². The molecular weight excluding hydrogens is 285 g/mol. The first-order valence-corrected chi connectivity index (χ1v) is 5.92. The summed E-state index contributed by atoms with van der Waals surface area (Å²) >= 11 is 3.31. The van der Waals surface area contributed by atoms with Gasteiger partial charge in [0, 0.05) is 22.8 Å². The van der Waals surface area contributed by atoms with E-state index in [1.165, 1.54) is 6.07 Å². The minimum Gasteiger partial charge on any atom is -0.366 e. The molecule has 0 fully saturated rings. The van der Waals surface area contributed by atoms with Gasteiger partial charge in [0.05, 0.1) is 0 Å². The van der Waals surface area contributed by atoms with Crippen molar-refractivity contribution in [3.8, 4) is 0 Å². The smallest absolute Gasteiger partial charge is 0.129 e. The Kier molecular flexibility index (Phi) is 3.68. The maximum Gasteiger partial charge on any atom is 0.129 e. The van der Waals surface area contributed by atoms with Gasteiger partial charge in [-0.1, -0.05) is 15.9 Å². The molecule has 0 saturated heterocycles. The van der Waals surface area contributed by atoms with Crippen LogP contribution in [-0.2, 0) is 6.54 Å². The highest BCUT2D eigenvalue weighted by molar-refractivity contribution is 9.10. The van der Waals surface area contributed by atoms with E-state index in [9.17, 15) is 4.39 Å². The first-order chi connectivity index (χ1) is 8.15. The van der Waals surface area contributed by atoms with Crippen LogP contribution in [0.15, 0.2) is 34.9 Å². The number of aromatic nitrogens is 2. The molecule has 0 aliphatic rings. The first-order valence-electron chi connectivity index (χ1n) is 5.12. The Bertz CT molecular complexity index is 531. The normalized spacial score (nSPS) is 10.3. The predicted octanol–water partition coefficient (Wildman–Crippen LogP) is 3.30. The van der Waals surface area contributed by atoms with Crippen molar-refractivity contribution in [3.63, 3.8) is 0 Å². The van der Waals surface area contributed by atoms with E-state index in [1.54, 1.807) is 24.4 Å². The van der Waals surface area contributed by atoms with Gasteiger partial charge in [-0.2, -0.15) is 0 Å². The Morgan fingerprint density at radius 1 is 1.35 bits per heavy atom. The number of aryl methyl sites for hydroxylation is 1. The summed E-state index contributed by atoms with van der Waals surface area (Å²) in [5.41, 5.74) is 0.593. The maximum absolute atomic E-state index is 13.5. The van der Waals surface area contributed by atoms with Crippen molar-refractivity contribution in [3.05, 3.63) is 52.1 Å². The topological polar surface area (TPSA) is 37.8 Å². The van der Waals surface area contributed by atoms with Crippen LogP contribution in [0, 0.1) is 12.7 Å². The number of halogens is 2. The van der Waals surface area contributed by atoms with Crippen molar-refractivity contribution in [1.82, 2.24) is 9.97 Å². The van der Waals surface area contributed by atoms with Crippen LogP contribution in [0.5, 0.6) is 0 Å². The van der Waals surface area contributed by atoms with Crippen LogP contribution in [-0.4, -0.2) is 9.97 Å². The van der Waals surface area contributed by atoms with Gasteiger partial charge in [0.25, 0.3) is 0 Å². The number of nitrogens with one attached hydrogen (secondary N) is 1. The fourth-order valence-corrected chi connectivity index (χ4v) is 1.83. The minimum absolute atomic E-state index is 0.230. The molecule has 88 valence electrons. The summed E-state index contributed by atoms with van der Waals surface area (Å²) in [7, 11) is 0. The van der Waals surface area contributed by atoms with Crippen LogP contribution < -0.4 is 5.32 Å². The van der Waals surface area contributed by atoms with Crippen LogP contribution in [0.4, 0.5) is 10.2 Å². The van der Waals surface area contributed by atoms with Gasteiger partial charge in [-0.15, -0.1) is 0 Å². The quantitative estimate of drug-likeness (QED) is 0.944. The average molecular weight is 296 g/mol. The molecular formula is C12H11BrFN3. The van der Waals surface area contributed by atoms with Crippen molar-refractivity contribution < 1.29 is 4.39 Å². The van der Waals surface area contributed by atoms with Gasteiger partial charge in [0.2, 0.25) is 0 Å². The van der Waals surface area contributed by atoms with E-state index in [0.717, 1.165) is 4.47 Å². The van der Waals surface area contributed by atoms with Gasteiger partial charge >= 0.3 is 0 Å². The fraction of sp³-hybridized carbons (Fsp3) is 0.167. The van der Waals surface area contributed by atoms with E-state index >= 15 is 0 Å². The summed E-state index contributed by atoms with van der Waals surface area (Å²) in [6.45, 7) is 2.20. The third-order valence-corrected chi connectivity index (χ3v) is 2.74. The van der Waals surface area contributed by atoms with E-state index in [0.29, 0.717) is 23.8 Å². The highest BCUT2D eigenvalue weighted by Crippen LogP contribution is 2.16. The Morgan fingerprint density at radius 2 is 2.18 bits per heavy atom. The molecule has 0 radical (unpaired) electrons. The lowest BCUT2D eigenvalue weighted by Gasteiger charge is -2.07. The van der Waals surface area contributed by atoms with E-state index < -0.39 is 0 Å². The molecule has 1 aromatic carbocycles. The second kappa shape index (κ2) is 5.23. The highest BCUT2D eigenvalue weighted by Gasteiger charge is 2.03. The Hall–Kier alpha value is -1.49. The molecule has 1 aromatic heterocycles. The maximum atomic E-state index is 13.5. The SMILES string of the molecule is Cc1nccc(NCc2cc(Br)ccc2F)n1. The van der Waals surface area contributed by atoms with Crippen LogP contribution in [0.3, 0.4) is 0 Å². The van der Waals surface area contributed by atoms with E-state index in [2.05, 4.69) is 31.2 Å². The van der Waals surface area contributed by atoms with E-state index in [4.69, 9.17) is 0 Å². The molecule has 17 heavy (non-hydrogen) atoms. The van der Waals surface area contributed by atoms with Crippen molar-refractivity contribution in [2.45, 2.75) is 13.5 Å². The van der Waals surface area contributed by atoms with Crippen molar-refractivity contribution in [1.29, 1.82) is 0 Å². The zero-order valence-corrected chi connectivity index (χ0v) is 10.8. The van der Waals surface area contributed by atoms with E-state index in [1.807, 2.05) is 6.92 Å². The number of hydrogen-bond acceptors (Lipinski definition) is 3. The molecule has 1 heterocycles. The molecule has 0 saturated carbocycles.